The molecule has 1 aliphatic carbocycles. The third kappa shape index (κ3) is 2.73. The van der Waals surface area contributed by atoms with Crippen LogP contribution in [0.5, 0.6) is 0 Å². The predicted octanol–water partition coefficient (Wildman–Crippen LogP) is 2.05. The van der Waals surface area contributed by atoms with E-state index in [1.165, 1.54) is 0 Å². The van der Waals surface area contributed by atoms with E-state index >= 15 is 0 Å². The molecule has 1 rings (SSSR count). The molecular formula is C8H14F2O. The van der Waals surface area contributed by atoms with Crippen LogP contribution in [0.2, 0.25) is 0 Å². The van der Waals surface area contributed by atoms with Gasteiger partial charge in [-0.25, -0.2) is 8.78 Å². The van der Waals surface area contributed by atoms with E-state index in [2.05, 4.69) is 0 Å². The molecule has 0 aromatic carbocycles. The van der Waals surface area contributed by atoms with Gasteiger partial charge in [0.2, 0.25) is 0 Å². The van der Waals surface area contributed by atoms with E-state index in [4.69, 9.17) is 5.11 Å². The van der Waals surface area contributed by atoms with E-state index in [1.807, 2.05) is 6.92 Å². The molecule has 0 aromatic heterocycles. The van der Waals surface area contributed by atoms with Crippen LogP contribution in [-0.2, 0) is 0 Å². The Morgan fingerprint density at radius 3 is 2.45 bits per heavy atom. The number of aliphatic hydroxyl groups excluding tert-OH is 1. The first kappa shape index (κ1) is 8.91. The quantitative estimate of drug-likeness (QED) is 0.674. The molecule has 1 saturated carbocycles. The molecule has 0 heterocycles. The minimum Gasteiger partial charge on any atom is -0.390 e. The summed E-state index contributed by atoms with van der Waals surface area (Å²) in [6.07, 6.45) is 2.01. The fourth-order valence-electron chi connectivity index (χ4n) is 1.37. The SMILES string of the molecule is CC(CC(F)(F)CO)C1CC1. The Kier molecular flexibility index (Phi) is 2.47. The first-order valence-corrected chi connectivity index (χ1v) is 4.04. The third-order valence-corrected chi connectivity index (χ3v) is 2.28. The van der Waals surface area contributed by atoms with Crippen LogP contribution in [0.4, 0.5) is 8.78 Å². The molecule has 1 atom stereocenters. The van der Waals surface area contributed by atoms with Crippen LogP contribution in [-0.4, -0.2) is 17.6 Å². The van der Waals surface area contributed by atoms with Gasteiger partial charge in [-0.05, 0) is 24.7 Å². The van der Waals surface area contributed by atoms with Crippen molar-refractivity contribution in [1.82, 2.24) is 0 Å². The average Bonchev–Trinajstić information content (AvgIpc) is 2.67. The molecule has 1 fully saturated rings. The standard InChI is InChI=1S/C8H14F2O/c1-6(7-2-3-7)4-8(9,10)5-11/h6-7,11H,2-5H2,1H3. The molecular weight excluding hydrogens is 150 g/mol. The highest BCUT2D eigenvalue weighted by Gasteiger charge is 2.36. The van der Waals surface area contributed by atoms with Crippen molar-refractivity contribution in [2.24, 2.45) is 11.8 Å². The zero-order valence-corrected chi connectivity index (χ0v) is 6.69. The largest absolute Gasteiger partial charge is 0.390 e. The summed E-state index contributed by atoms with van der Waals surface area (Å²) in [4.78, 5) is 0. The zero-order valence-electron chi connectivity index (χ0n) is 6.69. The molecule has 0 bridgehead atoms. The number of hydrogen-bond donors (Lipinski definition) is 1. The van der Waals surface area contributed by atoms with Crippen LogP contribution < -0.4 is 0 Å². The van der Waals surface area contributed by atoms with E-state index < -0.39 is 12.5 Å². The van der Waals surface area contributed by atoms with Crippen LogP contribution in [0.1, 0.15) is 26.2 Å². The second-order valence-corrected chi connectivity index (χ2v) is 3.53. The van der Waals surface area contributed by atoms with Gasteiger partial charge in [-0.1, -0.05) is 6.92 Å². The summed E-state index contributed by atoms with van der Waals surface area (Å²) in [5.41, 5.74) is 0. The van der Waals surface area contributed by atoms with Crippen molar-refractivity contribution < 1.29 is 13.9 Å². The van der Waals surface area contributed by atoms with Gasteiger partial charge >= 0.3 is 0 Å². The van der Waals surface area contributed by atoms with E-state index in [9.17, 15) is 8.78 Å². The Hall–Kier alpha value is -0.180. The van der Waals surface area contributed by atoms with Gasteiger partial charge in [0, 0.05) is 6.42 Å². The third-order valence-electron chi connectivity index (χ3n) is 2.28. The minimum atomic E-state index is -2.86. The highest BCUT2D eigenvalue weighted by Crippen LogP contribution is 2.41. The molecule has 0 radical (unpaired) electrons. The lowest BCUT2D eigenvalue weighted by Gasteiger charge is -2.17. The molecule has 0 amide bonds. The molecule has 0 aliphatic heterocycles. The van der Waals surface area contributed by atoms with Crippen molar-refractivity contribution in [3.8, 4) is 0 Å². The van der Waals surface area contributed by atoms with Crippen molar-refractivity contribution in [2.45, 2.75) is 32.1 Å². The Balaban J connectivity index is 2.27. The average molecular weight is 164 g/mol. The van der Waals surface area contributed by atoms with E-state index in [0.29, 0.717) is 5.92 Å². The molecule has 66 valence electrons. The predicted molar refractivity (Wildman–Crippen MR) is 38.5 cm³/mol. The molecule has 0 saturated heterocycles. The molecule has 0 aromatic rings. The first-order chi connectivity index (χ1) is 5.05. The fraction of sp³-hybridized carbons (Fsp3) is 1.00. The summed E-state index contributed by atoms with van der Waals surface area (Å²) >= 11 is 0. The molecule has 1 nitrogen and oxygen atoms in total. The smallest absolute Gasteiger partial charge is 0.270 e. The Labute approximate surface area is 65.4 Å². The zero-order chi connectivity index (χ0) is 8.48. The lowest BCUT2D eigenvalue weighted by molar-refractivity contribution is -0.0680. The van der Waals surface area contributed by atoms with Crippen molar-refractivity contribution in [2.75, 3.05) is 6.61 Å². The van der Waals surface area contributed by atoms with Gasteiger partial charge in [-0.3, -0.25) is 0 Å². The second kappa shape index (κ2) is 3.05. The lowest BCUT2D eigenvalue weighted by Crippen LogP contribution is -2.24. The maximum absolute atomic E-state index is 12.5. The number of hydrogen-bond acceptors (Lipinski definition) is 1. The summed E-state index contributed by atoms with van der Waals surface area (Å²) in [5, 5.41) is 8.30. The number of halogens is 2. The van der Waals surface area contributed by atoms with Crippen molar-refractivity contribution in [3.05, 3.63) is 0 Å². The van der Waals surface area contributed by atoms with Gasteiger partial charge in [0.1, 0.15) is 6.61 Å². The first-order valence-electron chi connectivity index (χ1n) is 4.04. The van der Waals surface area contributed by atoms with Crippen LogP contribution in [0, 0.1) is 11.8 Å². The van der Waals surface area contributed by atoms with E-state index in [1.54, 1.807) is 0 Å². The number of aliphatic hydroxyl groups is 1. The second-order valence-electron chi connectivity index (χ2n) is 3.53. The van der Waals surface area contributed by atoms with Gasteiger partial charge in [0.15, 0.2) is 0 Å². The summed E-state index contributed by atoms with van der Waals surface area (Å²) in [6, 6.07) is 0. The summed E-state index contributed by atoms with van der Waals surface area (Å²) < 4.78 is 25.1. The van der Waals surface area contributed by atoms with Crippen molar-refractivity contribution >= 4 is 0 Å². The van der Waals surface area contributed by atoms with Gasteiger partial charge in [0.25, 0.3) is 5.92 Å². The summed E-state index contributed by atoms with van der Waals surface area (Å²) in [6.45, 7) is 0.825. The van der Waals surface area contributed by atoms with Gasteiger partial charge in [-0.2, -0.15) is 0 Å². The normalized spacial score (nSPS) is 21.8. The molecule has 0 spiro atoms. The van der Waals surface area contributed by atoms with Gasteiger partial charge < -0.3 is 5.11 Å². The van der Waals surface area contributed by atoms with Crippen LogP contribution >= 0.6 is 0 Å². The van der Waals surface area contributed by atoms with Crippen LogP contribution in [0.3, 0.4) is 0 Å². The van der Waals surface area contributed by atoms with Crippen molar-refractivity contribution in [3.63, 3.8) is 0 Å². The van der Waals surface area contributed by atoms with E-state index in [-0.39, 0.29) is 12.3 Å². The molecule has 11 heavy (non-hydrogen) atoms. The number of alkyl halides is 2. The monoisotopic (exact) mass is 164 g/mol. The Morgan fingerprint density at radius 2 is 2.09 bits per heavy atom. The lowest BCUT2D eigenvalue weighted by atomic mass is 9.98. The van der Waals surface area contributed by atoms with Gasteiger partial charge in [0.05, 0.1) is 0 Å². The fourth-order valence-corrected chi connectivity index (χ4v) is 1.37. The minimum absolute atomic E-state index is 0.0668. The van der Waals surface area contributed by atoms with Gasteiger partial charge in [-0.15, -0.1) is 0 Å². The summed E-state index contributed by atoms with van der Waals surface area (Å²) in [5.74, 6) is -2.30. The Bertz CT molecular complexity index is 132. The topological polar surface area (TPSA) is 20.2 Å². The maximum atomic E-state index is 12.5. The van der Waals surface area contributed by atoms with Crippen LogP contribution in [0.15, 0.2) is 0 Å². The molecule has 3 heteroatoms. The number of rotatable bonds is 4. The van der Waals surface area contributed by atoms with Crippen molar-refractivity contribution in [1.29, 1.82) is 0 Å². The molecule has 1 unspecified atom stereocenters. The molecule has 1 aliphatic rings. The highest BCUT2D eigenvalue weighted by molar-refractivity contribution is 4.82. The summed E-state index contributed by atoms with van der Waals surface area (Å²) in [7, 11) is 0. The van der Waals surface area contributed by atoms with E-state index in [0.717, 1.165) is 12.8 Å². The van der Waals surface area contributed by atoms with Crippen LogP contribution in [0.25, 0.3) is 0 Å². The Morgan fingerprint density at radius 1 is 1.55 bits per heavy atom. The maximum Gasteiger partial charge on any atom is 0.270 e. The molecule has 1 N–H and O–H groups in total. The highest BCUT2D eigenvalue weighted by atomic mass is 19.3.